The fourth-order valence-corrected chi connectivity index (χ4v) is 4.30. The van der Waals surface area contributed by atoms with Crippen LogP contribution in [0.2, 0.25) is 0 Å². The van der Waals surface area contributed by atoms with Gasteiger partial charge in [-0.1, -0.05) is 31.0 Å². The highest BCUT2D eigenvalue weighted by molar-refractivity contribution is 7.95. The molecule has 1 fully saturated rings. The van der Waals surface area contributed by atoms with Crippen LogP contribution >= 0.6 is 0 Å². The van der Waals surface area contributed by atoms with Gasteiger partial charge < -0.3 is 5.32 Å². The van der Waals surface area contributed by atoms with Crippen molar-refractivity contribution in [2.75, 3.05) is 6.54 Å². The van der Waals surface area contributed by atoms with Gasteiger partial charge in [0.05, 0.1) is 4.90 Å². The molecule has 3 nitrogen and oxygen atoms in total. The largest absolute Gasteiger partial charge is 0.310 e. The Morgan fingerprint density at radius 3 is 2.67 bits per heavy atom. The summed E-state index contributed by atoms with van der Waals surface area (Å²) in [4.78, 5) is 0.452. The van der Waals surface area contributed by atoms with Crippen LogP contribution in [0.15, 0.2) is 34.6 Å². The van der Waals surface area contributed by atoms with Gasteiger partial charge in [0.1, 0.15) is 0 Å². The molecule has 3 rings (SSSR count). The average molecular weight is 263 g/mol. The van der Waals surface area contributed by atoms with E-state index in [2.05, 4.69) is 5.32 Å². The number of fused-ring (bicyclic) bond motifs is 1. The predicted molar refractivity (Wildman–Crippen MR) is 71.9 cm³/mol. The van der Waals surface area contributed by atoms with E-state index in [1.807, 2.05) is 12.1 Å². The maximum absolute atomic E-state index is 12.0. The van der Waals surface area contributed by atoms with Gasteiger partial charge in [-0.25, -0.2) is 8.42 Å². The van der Waals surface area contributed by atoms with E-state index in [9.17, 15) is 8.42 Å². The van der Waals surface area contributed by atoms with Crippen molar-refractivity contribution in [3.05, 3.63) is 35.2 Å². The van der Waals surface area contributed by atoms with E-state index in [4.69, 9.17) is 0 Å². The van der Waals surface area contributed by atoms with E-state index >= 15 is 0 Å². The highest BCUT2D eigenvalue weighted by atomic mass is 32.2. The van der Waals surface area contributed by atoms with E-state index in [1.54, 1.807) is 12.1 Å². The summed E-state index contributed by atoms with van der Waals surface area (Å²) in [6.07, 6.45) is 4.99. The van der Waals surface area contributed by atoms with Crippen LogP contribution in [0, 0.1) is 0 Å². The second kappa shape index (κ2) is 4.52. The van der Waals surface area contributed by atoms with E-state index in [-0.39, 0.29) is 0 Å². The summed E-state index contributed by atoms with van der Waals surface area (Å²) in [7, 11) is -3.20. The van der Waals surface area contributed by atoms with Gasteiger partial charge in [-0.05, 0) is 30.0 Å². The zero-order chi connectivity index (χ0) is 12.6. The molecule has 1 aromatic carbocycles. The predicted octanol–water partition coefficient (Wildman–Crippen LogP) is 2.35. The lowest BCUT2D eigenvalue weighted by Gasteiger charge is -2.12. The molecule has 4 heteroatoms. The average Bonchev–Trinajstić information content (AvgIpc) is 2.95. The van der Waals surface area contributed by atoms with Crippen LogP contribution in [-0.4, -0.2) is 21.0 Å². The smallest absolute Gasteiger partial charge is 0.200 e. The van der Waals surface area contributed by atoms with Crippen molar-refractivity contribution in [2.45, 2.75) is 36.6 Å². The topological polar surface area (TPSA) is 46.2 Å². The molecule has 0 radical (unpaired) electrons. The highest BCUT2D eigenvalue weighted by Crippen LogP contribution is 2.32. The van der Waals surface area contributed by atoms with Gasteiger partial charge in [-0.3, -0.25) is 0 Å². The molecule has 0 atom stereocenters. The molecule has 1 N–H and O–H groups in total. The summed E-state index contributed by atoms with van der Waals surface area (Å²) in [5.41, 5.74) is 1.76. The third-order valence-electron chi connectivity index (χ3n) is 3.77. The maximum atomic E-state index is 12.0. The van der Waals surface area contributed by atoms with Crippen LogP contribution in [0.4, 0.5) is 0 Å². The molecule has 1 aliphatic carbocycles. The number of rotatable bonds is 3. The Hall–Kier alpha value is -1.13. The van der Waals surface area contributed by atoms with Crippen molar-refractivity contribution in [3.63, 3.8) is 0 Å². The Morgan fingerprint density at radius 2 is 1.89 bits per heavy atom. The fraction of sp³-hybridized carbons (Fsp3) is 0.429. The molecular weight excluding hydrogens is 246 g/mol. The van der Waals surface area contributed by atoms with Crippen LogP contribution in [0.5, 0.6) is 0 Å². The molecule has 18 heavy (non-hydrogen) atoms. The summed E-state index contributed by atoms with van der Waals surface area (Å²) >= 11 is 0. The van der Waals surface area contributed by atoms with E-state index in [0.29, 0.717) is 17.5 Å². The van der Waals surface area contributed by atoms with Gasteiger partial charge >= 0.3 is 0 Å². The van der Waals surface area contributed by atoms with E-state index in [0.717, 1.165) is 11.1 Å². The summed E-state index contributed by atoms with van der Waals surface area (Å²) in [6.45, 7) is 0.654. The van der Waals surface area contributed by atoms with E-state index in [1.165, 1.54) is 31.1 Å². The normalized spacial score (nSPS) is 21.9. The second-order valence-electron chi connectivity index (χ2n) is 5.05. The number of benzene rings is 1. The fourth-order valence-electron chi connectivity index (χ4n) is 2.82. The zero-order valence-electron chi connectivity index (χ0n) is 10.2. The second-order valence-corrected chi connectivity index (χ2v) is 6.81. The molecule has 0 saturated heterocycles. The van der Waals surface area contributed by atoms with E-state index < -0.39 is 9.84 Å². The molecule has 1 saturated carbocycles. The molecule has 96 valence electrons. The molecule has 1 aromatic rings. The third kappa shape index (κ3) is 2.10. The lowest BCUT2D eigenvalue weighted by molar-refractivity contribution is 0.560. The van der Waals surface area contributed by atoms with Gasteiger partial charge in [0.25, 0.3) is 0 Å². The van der Waals surface area contributed by atoms with Gasteiger partial charge in [0.15, 0.2) is 0 Å². The first kappa shape index (κ1) is 11.9. The van der Waals surface area contributed by atoms with Crippen molar-refractivity contribution < 1.29 is 8.42 Å². The molecule has 2 aliphatic rings. The van der Waals surface area contributed by atoms with Crippen LogP contribution in [-0.2, 0) is 9.84 Å². The summed E-state index contributed by atoms with van der Waals surface area (Å²) < 4.78 is 23.9. The Labute approximate surface area is 108 Å². The minimum atomic E-state index is -3.20. The molecule has 1 aliphatic heterocycles. The van der Waals surface area contributed by atoms with Crippen molar-refractivity contribution in [1.29, 1.82) is 0 Å². The molecule has 0 amide bonds. The minimum Gasteiger partial charge on any atom is -0.310 e. The molecule has 0 unspecified atom stereocenters. The highest BCUT2D eigenvalue weighted by Gasteiger charge is 2.26. The number of sulfone groups is 1. The maximum Gasteiger partial charge on any atom is 0.200 e. The first-order chi connectivity index (χ1) is 8.67. The Kier molecular flexibility index (Phi) is 2.99. The Bertz CT molecular complexity index is 584. The van der Waals surface area contributed by atoms with Crippen molar-refractivity contribution in [2.24, 2.45) is 0 Å². The SMILES string of the molecule is O=S1(=O)C=C(CNC2CCCC2)c2ccccc21. The first-order valence-electron chi connectivity index (χ1n) is 6.45. The molecule has 0 spiro atoms. The number of nitrogens with one attached hydrogen (secondary N) is 1. The molecule has 0 aromatic heterocycles. The van der Waals surface area contributed by atoms with Crippen LogP contribution < -0.4 is 5.32 Å². The first-order valence-corrected chi connectivity index (χ1v) is 8.00. The Balaban J connectivity index is 1.81. The number of hydrogen-bond donors (Lipinski definition) is 1. The molecule has 1 heterocycles. The summed E-state index contributed by atoms with van der Waals surface area (Å²) in [5, 5.41) is 4.89. The van der Waals surface area contributed by atoms with Gasteiger partial charge in [-0.15, -0.1) is 0 Å². The van der Waals surface area contributed by atoms with Crippen molar-refractivity contribution in [3.8, 4) is 0 Å². The quantitative estimate of drug-likeness (QED) is 0.910. The van der Waals surface area contributed by atoms with Crippen molar-refractivity contribution in [1.82, 2.24) is 5.32 Å². The Morgan fingerprint density at radius 1 is 1.17 bits per heavy atom. The zero-order valence-corrected chi connectivity index (χ0v) is 11.0. The minimum absolute atomic E-state index is 0.452. The lowest BCUT2D eigenvalue weighted by atomic mass is 10.1. The third-order valence-corrected chi connectivity index (χ3v) is 5.34. The number of hydrogen-bond acceptors (Lipinski definition) is 3. The molecule has 0 bridgehead atoms. The molecular formula is C14H17NO2S. The monoisotopic (exact) mass is 263 g/mol. The summed E-state index contributed by atoms with van der Waals surface area (Å²) in [5.74, 6) is 0. The van der Waals surface area contributed by atoms with Crippen molar-refractivity contribution >= 4 is 15.4 Å². The van der Waals surface area contributed by atoms with Gasteiger partial charge in [0.2, 0.25) is 9.84 Å². The van der Waals surface area contributed by atoms with Crippen LogP contribution in [0.25, 0.3) is 5.57 Å². The van der Waals surface area contributed by atoms with Crippen LogP contribution in [0.3, 0.4) is 0 Å². The van der Waals surface area contributed by atoms with Gasteiger partial charge in [0, 0.05) is 18.0 Å². The lowest BCUT2D eigenvalue weighted by Crippen LogP contribution is -2.27. The van der Waals surface area contributed by atoms with Gasteiger partial charge in [-0.2, -0.15) is 0 Å². The van der Waals surface area contributed by atoms with Crippen LogP contribution in [0.1, 0.15) is 31.2 Å². The summed E-state index contributed by atoms with van der Waals surface area (Å²) in [6, 6.07) is 7.80. The standard InChI is InChI=1S/C14H17NO2S/c16-18(17)10-11(9-15-12-5-1-2-6-12)13-7-3-4-8-14(13)18/h3-4,7-8,10,12,15H,1-2,5-6,9H2.